The summed E-state index contributed by atoms with van der Waals surface area (Å²) in [6, 6.07) is 7.34. The van der Waals surface area contributed by atoms with E-state index in [-0.39, 0.29) is 5.91 Å². The third kappa shape index (κ3) is 3.88. The molecule has 19 heavy (non-hydrogen) atoms. The van der Waals surface area contributed by atoms with Gasteiger partial charge in [0.15, 0.2) is 0 Å². The van der Waals surface area contributed by atoms with Gasteiger partial charge in [-0.05, 0) is 32.0 Å². The van der Waals surface area contributed by atoms with E-state index in [1.165, 1.54) is 0 Å². The summed E-state index contributed by atoms with van der Waals surface area (Å²) in [7, 11) is 0. The van der Waals surface area contributed by atoms with Gasteiger partial charge in [0.05, 0.1) is 23.9 Å². The zero-order valence-corrected chi connectivity index (χ0v) is 11.4. The number of anilines is 2. The molecule has 0 aliphatic heterocycles. The van der Waals surface area contributed by atoms with Crippen molar-refractivity contribution in [2.45, 2.75) is 20.3 Å². The van der Waals surface area contributed by atoms with Crippen LogP contribution in [0.15, 0.2) is 18.2 Å². The summed E-state index contributed by atoms with van der Waals surface area (Å²) in [5.74, 6) is -0.111. The number of nitriles is 1. The molecular formula is C14H20N4O. The summed E-state index contributed by atoms with van der Waals surface area (Å²) >= 11 is 0. The minimum Gasteiger partial charge on any atom is -0.397 e. The first kappa shape index (κ1) is 14.8. The van der Waals surface area contributed by atoms with Crippen LogP contribution in [0.25, 0.3) is 0 Å². The highest BCUT2D eigenvalue weighted by atomic mass is 16.1. The van der Waals surface area contributed by atoms with Gasteiger partial charge in [0.25, 0.3) is 5.91 Å². The molecule has 0 aliphatic carbocycles. The Kier molecular flexibility index (Phi) is 5.68. The van der Waals surface area contributed by atoms with E-state index >= 15 is 0 Å². The Hall–Kier alpha value is -2.22. The van der Waals surface area contributed by atoms with Crippen molar-refractivity contribution in [1.29, 1.82) is 5.26 Å². The number of benzene rings is 1. The Morgan fingerprint density at radius 3 is 2.79 bits per heavy atom. The third-order valence-corrected chi connectivity index (χ3v) is 2.85. The number of nitrogens with zero attached hydrogens (tertiary/aromatic N) is 2. The molecule has 0 radical (unpaired) electrons. The number of carbonyl (C=O) groups excluding carboxylic acids is 1. The lowest BCUT2D eigenvalue weighted by atomic mass is 10.1. The molecule has 0 atom stereocenters. The highest BCUT2D eigenvalue weighted by Gasteiger charge is 2.12. The Morgan fingerprint density at radius 2 is 2.21 bits per heavy atom. The van der Waals surface area contributed by atoms with Crippen LogP contribution in [0, 0.1) is 11.3 Å². The van der Waals surface area contributed by atoms with Crippen LogP contribution in [0.5, 0.6) is 0 Å². The molecule has 5 heteroatoms. The molecule has 0 aromatic heterocycles. The van der Waals surface area contributed by atoms with E-state index in [1.54, 1.807) is 18.2 Å². The van der Waals surface area contributed by atoms with Crippen LogP contribution in [0.3, 0.4) is 0 Å². The molecule has 5 nitrogen and oxygen atoms in total. The number of nitrogens with two attached hydrogens (primary N) is 1. The molecule has 0 saturated heterocycles. The highest BCUT2D eigenvalue weighted by molar-refractivity contribution is 5.96. The van der Waals surface area contributed by atoms with Gasteiger partial charge in [-0.2, -0.15) is 5.26 Å². The van der Waals surface area contributed by atoms with Crippen molar-refractivity contribution in [2.75, 3.05) is 30.3 Å². The molecule has 1 amide bonds. The summed E-state index contributed by atoms with van der Waals surface area (Å²) in [6.07, 6.45) is 0.429. The van der Waals surface area contributed by atoms with Crippen molar-refractivity contribution in [1.82, 2.24) is 5.32 Å². The second-order valence-electron chi connectivity index (χ2n) is 4.12. The SMILES string of the molecule is CCNC(=O)c1ccc(N)c(N(CC)CCC#N)c1. The van der Waals surface area contributed by atoms with Crippen molar-refractivity contribution in [3.05, 3.63) is 23.8 Å². The minimum absolute atomic E-state index is 0.111. The van der Waals surface area contributed by atoms with Gasteiger partial charge in [-0.1, -0.05) is 0 Å². The fourth-order valence-corrected chi connectivity index (χ4v) is 1.86. The predicted molar refractivity (Wildman–Crippen MR) is 77.0 cm³/mol. The first-order valence-electron chi connectivity index (χ1n) is 6.43. The second-order valence-corrected chi connectivity index (χ2v) is 4.12. The van der Waals surface area contributed by atoms with E-state index in [9.17, 15) is 4.79 Å². The van der Waals surface area contributed by atoms with E-state index in [0.717, 1.165) is 12.2 Å². The molecule has 0 saturated carbocycles. The first-order valence-corrected chi connectivity index (χ1v) is 6.43. The van der Waals surface area contributed by atoms with Gasteiger partial charge in [0, 0.05) is 25.2 Å². The summed E-state index contributed by atoms with van der Waals surface area (Å²) in [6.45, 7) is 5.81. The molecule has 0 fully saturated rings. The maximum absolute atomic E-state index is 11.8. The average Bonchev–Trinajstić information content (AvgIpc) is 2.41. The molecular weight excluding hydrogens is 240 g/mol. The molecule has 0 spiro atoms. The van der Waals surface area contributed by atoms with Crippen molar-refractivity contribution in [2.24, 2.45) is 0 Å². The molecule has 3 N–H and O–H groups in total. The van der Waals surface area contributed by atoms with Crippen LogP contribution in [0.1, 0.15) is 30.6 Å². The summed E-state index contributed by atoms with van der Waals surface area (Å²) in [4.78, 5) is 13.8. The van der Waals surface area contributed by atoms with E-state index in [2.05, 4.69) is 11.4 Å². The maximum atomic E-state index is 11.8. The molecule has 0 bridgehead atoms. The number of rotatable bonds is 6. The largest absolute Gasteiger partial charge is 0.397 e. The lowest BCUT2D eigenvalue weighted by Gasteiger charge is -2.24. The van der Waals surface area contributed by atoms with Crippen molar-refractivity contribution in [3.63, 3.8) is 0 Å². The lowest BCUT2D eigenvalue weighted by molar-refractivity contribution is 0.0956. The van der Waals surface area contributed by atoms with Crippen LogP contribution in [0.4, 0.5) is 11.4 Å². The number of carbonyl (C=O) groups is 1. The van der Waals surface area contributed by atoms with E-state index in [0.29, 0.717) is 30.8 Å². The molecule has 0 aliphatic rings. The van der Waals surface area contributed by atoms with Crippen molar-refractivity contribution >= 4 is 17.3 Å². The molecule has 1 aromatic rings. The first-order chi connectivity index (χ1) is 9.13. The van der Waals surface area contributed by atoms with Gasteiger partial charge in [-0.15, -0.1) is 0 Å². The van der Waals surface area contributed by atoms with Gasteiger partial charge in [-0.25, -0.2) is 0 Å². The Morgan fingerprint density at radius 1 is 1.47 bits per heavy atom. The Balaban J connectivity index is 3.01. The highest BCUT2D eigenvalue weighted by Crippen LogP contribution is 2.24. The Labute approximate surface area is 114 Å². The van der Waals surface area contributed by atoms with Crippen molar-refractivity contribution < 1.29 is 4.79 Å². The van der Waals surface area contributed by atoms with E-state index in [4.69, 9.17) is 11.0 Å². The average molecular weight is 260 g/mol. The van der Waals surface area contributed by atoms with Gasteiger partial charge in [0.2, 0.25) is 0 Å². The summed E-state index contributed by atoms with van der Waals surface area (Å²) in [5, 5.41) is 11.4. The van der Waals surface area contributed by atoms with E-state index in [1.807, 2.05) is 18.7 Å². The standard InChI is InChI=1S/C14H20N4O/c1-3-17-14(19)11-6-7-12(16)13(10-11)18(4-2)9-5-8-15/h6-7,10H,3-5,9,16H2,1-2H3,(H,17,19). The van der Waals surface area contributed by atoms with Gasteiger partial charge in [-0.3, -0.25) is 4.79 Å². The topological polar surface area (TPSA) is 82.2 Å². The predicted octanol–water partition coefficient (Wildman–Crippen LogP) is 1.76. The summed E-state index contributed by atoms with van der Waals surface area (Å²) in [5.41, 5.74) is 7.97. The molecule has 1 aromatic carbocycles. The number of hydrogen-bond donors (Lipinski definition) is 2. The van der Waals surface area contributed by atoms with Gasteiger partial charge < -0.3 is 16.0 Å². The van der Waals surface area contributed by atoms with Crippen LogP contribution in [0.2, 0.25) is 0 Å². The summed E-state index contributed by atoms with van der Waals surface area (Å²) < 4.78 is 0. The molecule has 0 heterocycles. The van der Waals surface area contributed by atoms with Gasteiger partial charge in [0.1, 0.15) is 0 Å². The number of hydrogen-bond acceptors (Lipinski definition) is 4. The second kappa shape index (κ2) is 7.27. The van der Waals surface area contributed by atoms with Crippen LogP contribution < -0.4 is 16.0 Å². The molecule has 1 rings (SSSR count). The fraction of sp³-hybridized carbons (Fsp3) is 0.429. The number of amides is 1. The van der Waals surface area contributed by atoms with Gasteiger partial charge >= 0.3 is 0 Å². The van der Waals surface area contributed by atoms with Crippen LogP contribution in [-0.4, -0.2) is 25.5 Å². The fourth-order valence-electron chi connectivity index (χ4n) is 1.86. The quantitative estimate of drug-likeness (QED) is 0.763. The smallest absolute Gasteiger partial charge is 0.251 e. The zero-order valence-electron chi connectivity index (χ0n) is 11.4. The maximum Gasteiger partial charge on any atom is 0.251 e. The Bertz CT molecular complexity index is 479. The third-order valence-electron chi connectivity index (χ3n) is 2.85. The van der Waals surface area contributed by atoms with Crippen molar-refractivity contribution in [3.8, 4) is 6.07 Å². The van der Waals surface area contributed by atoms with E-state index < -0.39 is 0 Å². The minimum atomic E-state index is -0.111. The van der Waals surface area contributed by atoms with Crippen LogP contribution in [-0.2, 0) is 0 Å². The van der Waals surface area contributed by atoms with Crippen LogP contribution >= 0.6 is 0 Å². The lowest BCUT2D eigenvalue weighted by Crippen LogP contribution is -2.26. The number of nitrogens with one attached hydrogen (secondary N) is 1. The normalized spacial score (nSPS) is 9.74. The molecule has 102 valence electrons. The zero-order chi connectivity index (χ0) is 14.3. The molecule has 0 unspecified atom stereocenters. The number of nitrogen functional groups attached to an aromatic ring is 1. The monoisotopic (exact) mass is 260 g/mol.